The van der Waals surface area contributed by atoms with Crippen LogP contribution in [-0.2, 0) is 4.79 Å². The lowest BCUT2D eigenvalue weighted by Crippen LogP contribution is -2.49. The van der Waals surface area contributed by atoms with E-state index in [4.69, 9.17) is 5.73 Å². The largest absolute Gasteiger partial charge is 0.355 e. The zero-order chi connectivity index (χ0) is 14.1. The first-order chi connectivity index (χ1) is 9.65. The first-order valence-corrected chi connectivity index (χ1v) is 8.09. The summed E-state index contributed by atoms with van der Waals surface area (Å²) in [6.45, 7) is 6.22. The molecule has 0 aromatic heterocycles. The maximum atomic E-state index is 12.3. The number of fused-ring (bicyclic) bond motifs is 2. The summed E-state index contributed by atoms with van der Waals surface area (Å²) in [5, 5.41) is 3.12. The molecule has 2 bridgehead atoms. The molecular weight excluding hydrogens is 359 g/mol. The molecule has 1 amide bonds. The fourth-order valence-electron chi connectivity index (χ4n) is 4.25. The highest BCUT2D eigenvalue weighted by Crippen LogP contribution is 2.47. The smallest absolute Gasteiger partial charge is 0.225 e. The van der Waals surface area contributed by atoms with E-state index in [1.54, 1.807) is 0 Å². The molecule has 3 aliphatic rings. The highest BCUT2D eigenvalue weighted by molar-refractivity contribution is 5.86. The number of rotatable bonds is 4. The SMILES string of the molecule is CN1CCN(CCNC(=O)C2C3CCC(C3)C2N)CC1.Cl.Cl.Cl. The van der Waals surface area contributed by atoms with Crippen molar-refractivity contribution in [1.29, 1.82) is 0 Å². The number of halogens is 3. The molecule has 0 radical (unpaired) electrons. The summed E-state index contributed by atoms with van der Waals surface area (Å²) in [4.78, 5) is 17.1. The Labute approximate surface area is 158 Å². The minimum atomic E-state index is 0. The third-order valence-electron chi connectivity index (χ3n) is 5.61. The monoisotopic (exact) mass is 388 g/mol. The maximum Gasteiger partial charge on any atom is 0.225 e. The molecular formula is C15H31Cl3N4O. The molecule has 2 aliphatic carbocycles. The van der Waals surface area contributed by atoms with Gasteiger partial charge < -0.3 is 16.0 Å². The van der Waals surface area contributed by atoms with Crippen LogP contribution >= 0.6 is 37.2 Å². The molecule has 1 aliphatic heterocycles. The molecule has 0 aromatic rings. The van der Waals surface area contributed by atoms with Crippen LogP contribution in [-0.4, -0.2) is 68.1 Å². The number of amides is 1. The second kappa shape index (κ2) is 10.3. The van der Waals surface area contributed by atoms with Gasteiger partial charge in [0.15, 0.2) is 0 Å². The number of nitrogens with two attached hydrogens (primary N) is 1. The third-order valence-corrected chi connectivity index (χ3v) is 5.61. The quantitative estimate of drug-likeness (QED) is 0.753. The Morgan fingerprint density at radius 1 is 1.09 bits per heavy atom. The van der Waals surface area contributed by atoms with Gasteiger partial charge in [0.2, 0.25) is 5.91 Å². The van der Waals surface area contributed by atoms with Gasteiger partial charge >= 0.3 is 0 Å². The molecule has 4 atom stereocenters. The van der Waals surface area contributed by atoms with Crippen LogP contribution in [0.2, 0.25) is 0 Å². The van der Waals surface area contributed by atoms with E-state index in [0.29, 0.717) is 11.8 Å². The van der Waals surface area contributed by atoms with Gasteiger partial charge in [0.25, 0.3) is 0 Å². The van der Waals surface area contributed by atoms with Crippen molar-refractivity contribution < 1.29 is 4.79 Å². The summed E-state index contributed by atoms with van der Waals surface area (Å²) < 4.78 is 0. The van der Waals surface area contributed by atoms with Crippen molar-refractivity contribution in [2.45, 2.75) is 25.3 Å². The molecule has 1 saturated heterocycles. The molecule has 4 unspecified atom stereocenters. The van der Waals surface area contributed by atoms with E-state index in [1.807, 2.05) is 0 Å². The van der Waals surface area contributed by atoms with Gasteiger partial charge in [-0.15, -0.1) is 37.2 Å². The lowest BCUT2D eigenvalue weighted by atomic mass is 9.84. The average Bonchev–Trinajstić information content (AvgIpc) is 3.01. The highest BCUT2D eigenvalue weighted by atomic mass is 35.5. The summed E-state index contributed by atoms with van der Waals surface area (Å²) in [5.41, 5.74) is 6.22. The topological polar surface area (TPSA) is 61.6 Å². The van der Waals surface area contributed by atoms with Crippen LogP contribution in [0.5, 0.6) is 0 Å². The Morgan fingerprint density at radius 3 is 2.26 bits per heavy atom. The molecule has 3 rings (SSSR count). The molecule has 23 heavy (non-hydrogen) atoms. The molecule has 138 valence electrons. The number of nitrogens with zero attached hydrogens (tertiary/aromatic N) is 2. The van der Waals surface area contributed by atoms with Gasteiger partial charge in [-0.05, 0) is 38.1 Å². The molecule has 0 spiro atoms. The Bertz CT molecular complexity index is 365. The van der Waals surface area contributed by atoms with Crippen molar-refractivity contribution in [3.8, 4) is 0 Å². The van der Waals surface area contributed by atoms with Crippen LogP contribution in [0.25, 0.3) is 0 Å². The fraction of sp³-hybridized carbons (Fsp3) is 0.933. The zero-order valence-corrected chi connectivity index (χ0v) is 16.2. The second-order valence-corrected chi connectivity index (χ2v) is 6.87. The number of likely N-dealkylation sites (N-methyl/N-ethyl adjacent to an activating group) is 1. The van der Waals surface area contributed by atoms with Crippen LogP contribution in [0.3, 0.4) is 0 Å². The molecule has 1 heterocycles. The van der Waals surface area contributed by atoms with Crippen molar-refractivity contribution in [2.75, 3.05) is 46.3 Å². The standard InChI is InChI=1S/C15H28N4O.3ClH/c1-18-6-8-19(9-7-18)5-4-17-15(20)13-11-2-3-12(10-11)14(13)16;;;/h11-14H,2-10,16H2,1H3,(H,17,20);3*1H. The zero-order valence-electron chi connectivity index (χ0n) is 13.8. The summed E-state index contributed by atoms with van der Waals surface area (Å²) in [5.74, 6) is 1.45. The van der Waals surface area contributed by atoms with Crippen LogP contribution in [0.15, 0.2) is 0 Å². The van der Waals surface area contributed by atoms with E-state index in [9.17, 15) is 4.79 Å². The molecule has 3 fully saturated rings. The van der Waals surface area contributed by atoms with E-state index < -0.39 is 0 Å². The number of nitrogens with one attached hydrogen (secondary N) is 1. The van der Waals surface area contributed by atoms with Gasteiger partial charge in [0.1, 0.15) is 0 Å². The Morgan fingerprint density at radius 2 is 1.70 bits per heavy atom. The van der Waals surface area contributed by atoms with Gasteiger partial charge in [-0.25, -0.2) is 0 Å². The lowest BCUT2D eigenvalue weighted by Gasteiger charge is -2.32. The summed E-state index contributed by atoms with van der Waals surface area (Å²) in [7, 11) is 2.16. The van der Waals surface area contributed by atoms with E-state index in [2.05, 4.69) is 22.2 Å². The molecule has 5 nitrogen and oxygen atoms in total. The van der Waals surface area contributed by atoms with Crippen LogP contribution < -0.4 is 11.1 Å². The van der Waals surface area contributed by atoms with Crippen LogP contribution in [0, 0.1) is 17.8 Å². The highest BCUT2D eigenvalue weighted by Gasteiger charge is 2.48. The van der Waals surface area contributed by atoms with E-state index in [1.165, 1.54) is 19.3 Å². The number of carbonyl (C=O) groups excluding carboxylic acids is 1. The Kier molecular flexibility index (Phi) is 10.4. The minimum Gasteiger partial charge on any atom is -0.355 e. The molecule has 0 aromatic carbocycles. The summed E-state index contributed by atoms with van der Waals surface area (Å²) >= 11 is 0. The van der Waals surface area contributed by atoms with Gasteiger partial charge in [0.05, 0.1) is 5.92 Å². The fourth-order valence-corrected chi connectivity index (χ4v) is 4.25. The van der Waals surface area contributed by atoms with Gasteiger partial charge in [0, 0.05) is 45.3 Å². The van der Waals surface area contributed by atoms with Gasteiger partial charge in [-0.2, -0.15) is 0 Å². The molecule has 3 N–H and O–H groups in total. The maximum absolute atomic E-state index is 12.3. The molecule has 8 heteroatoms. The normalized spacial score (nSPS) is 33.3. The van der Waals surface area contributed by atoms with Crippen molar-refractivity contribution in [3.63, 3.8) is 0 Å². The average molecular weight is 390 g/mol. The van der Waals surface area contributed by atoms with Crippen molar-refractivity contribution in [1.82, 2.24) is 15.1 Å². The third kappa shape index (κ3) is 5.35. The Balaban J connectivity index is 0.00000161. The van der Waals surface area contributed by atoms with Crippen molar-refractivity contribution >= 4 is 43.1 Å². The van der Waals surface area contributed by atoms with Gasteiger partial charge in [-0.1, -0.05) is 0 Å². The predicted molar refractivity (Wildman–Crippen MR) is 101 cm³/mol. The van der Waals surface area contributed by atoms with Gasteiger partial charge in [-0.3, -0.25) is 9.69 Å². The predicted octanol–water partition coefficient (Wildman–Crippen LogP) is 0.989. The first kappa shape index (κ1) is 23.2. The number of hydrogen-bond acceptors (Lipinski definition) is 4. The summed E-state index contributed by atoms with van der Waals surface area (Å²) in [6, 6.07) is 0.109. The van der Waals surface area contributed by atoms with Crippen molar-refractivity contribution in [3.05, 3.63) is 0 Å². The minimum absolute atomic E-state index is 0. The Hall–Kier alpha value is 0.220. The van der Waals surface area contributed by atoms with Crippen molar-refractivity contribution in [2.24, 2.45) is 23.5 Å². The van der Waals surface area contributed by atoms with E-state index >= 15 is 0 Å². The number of hydrogen-bond donors (Lipinski definition) is 2. The lowest BCUT2D eigenvalue weighted by molar-refractivity contribution is -0.127. The van der Waals surface area contributed by atoms with E-state index in [0.717, 1.165) is 39.3 Å². The first-order valence-electron chi connectivity index (χ1n) is 8.09. The second-order valence-electron chi connectivity index (χ2n) is 6.87. The molecule has 2 saturated carbocycles. The number of carbonyl (C=O) groups is 1. The van der Waals surface area contributed by atoms with E-state index in [-0.39, 0.29) is 55.1 Å². The van der Waals surface area contributed by atoms with Crippen LogP contribution in [0.1, 0.15) is 19.3 Å². The number of piperazine rings is 1. The summed E-state index contributed by atoms with van der Waals surface area (Å²) in [6.07, 6.45) is 3.61. The van der Waals surface area contributed by atoms with Crippen LogP contribution in [0.4, 0.5) is 0 Å².